The van der Waals surface area contributed by atoms with Crippen molar-refractivity contribution in [2.75, 3.05) is 7.11 Å². The summed E-state index contributed by atoms with van der Waals surface area (Å²) in [6.45, 7) is 0. The van der Waals surface area contributed by atoms with Crippen LogP contribution in [-0.2, 0) is 18.2 Å². The number of carbonyl (C=O) groups excluding carboxylic acids is 1. The lowest BCUT2D eigenvalue weighted by molar-refractivity contribution is 0.0593. The van der Waals surface area contributed by atoms with E-state index in [2.05, 4.69) is 35.7 Å². The molecular weight excluding hydrogens is 338 g/mol. The Labute approximate surface area is 128 Å². The second-order valence-electron chi connectivity index (χ2n) is 4.56. The topological polar surface area (TPSA) is 74.3 Å². The van der Waals surface area contributed by atoms with E-state index in [0.29, 0.717) is 12.1 Å². The summed E-state index contributed by atoms with van der Waals surface area (Å²) in [6, 6.07) is 0. The van der Waals surface area contributed by atoms with Crippen molar-refractivity contribution >= 4 is 27.5 Å². The van der Waals surface area contributed by atoms with Crippen molar-refractivity contribution in [1.82, 2.24) is 24.1 Å². The number of nitrogens with zero attached hydrogens (tertiary/aromatic N) is 5. The van der Waals surface area contributed by atoms with Crippen molar-refractivity contribution in [3.8, 4) is 0 Å². The third-order valence-electron chi connectivity index (χ3n) is 3.01. The van der Waals surface area contributed by atoms with Crippen LogP contribution in [0.3, 0.4) is 0 Å². The number of halogens is 1. The number of hydrogen-bond acceptors (Lipinski definition) is 5. The van der Waals surface area contributed by atoms with E-state index < -0.39 is 5.97 Å². The standard InChI is InChI=1S/C13H12BrN5O2/c1-18-5-8(12(14)17-18)3-9-6-19-7-10(13(20)21-2)15-4-11(19)16-9/h4-7H,3H2,1-2H3. The Morgan fingerprint density at radius 2 is 2.19 bits per heavy atom. The molecule has 8 heteroatoms. The third kappa shape index (κ3) is 2.66. The normalized spacial score (nSPS) is 11.0. The van der Waals surface area contributed by atoms with Crippen LogP contribution in [0.5, 0.6) is 0 Å². The Hall–Kier alpha value is -2.22. The average molecular weight is 350 g/mol. The van der Waals surface area contributed by atoms with Gasteiger partial charge in [-0.1, -0.05) is 0 Å². The first kappa shape index (κ1) is 13.7. The van der Waals surface area contributed by atoms with E-state index in [0.717, 1.165) is 15.9 Å². The molecule has 0 fully saturated rings. The Morgan fingerprint density at radius 3 is 2.86 bits per heavy atom. The maximum Gasteiger partial charge on any atom is 0.358 e. The van der Waals surface area contributed by atoms with Crippen LogP contribution in [0.25, 0.3) is 5.65 Å². The predicted octanol–water partition coefficient (Wildman–Crippen LogP) is 1.60. The number of ether oxygens (including phenoxy) is 1. The molecule has 0 aliphatic rings. The summed E-state index contributed by atoms with van der Waals surface area (Å²) < 4.78 is 8.96. The molecule has 0 saturated heterocycles. The molecule has 21 heavy (non-hydrogen) atoms. The molecule has 0 unspecified atom stereocenters. The SMILES string of the molecule is COC(=O)c1cn2cc(Cc3cn(C)nc3Br)nc2cn1. The maximum absolute atomic E-state index is 11.5. The fourth-order valence-electron chi connectivity index (χ4n) is 2.07. The number of imidazole rings is 1. The van der Waals surface area contributed by atoms with Crippen LogP contribution in [0, 0.1) is 0 Å². The summed E-state index contributed by atoms with van der Waals surface area (Å²) in [7, 11) is 3.19. The molecule has 0 radical (unpaired) electrons. The van der Waals surface area contributed by atoms with Crippen LogP contribution in [0.2, 0.25) is 0 Å². The number of fused-ring (bicyclic) bond motifs is 1. The summed E-state index contributed by atoms with van der Waals surface area (Å²) in [5, 5.41) is 4.23. The number of rotatable bonds is 3. The van der Waals surface area contributed by atoms with Gasteiger partial charge in [-0.05, 0) is 15.9 Å². The van der Waals surface area contributed by atoms with E-state index >= 15 is 0 Å². The predicted molar refractivity (Wildman–Crippen MR) is 78.0 cm³/mol. The summed E-state index contributed by atoms with van der Waals surface area (Å²) in [5.41, 5.74) is 2.84. The minimum absolute atomic E-state index is 0.247. The molecule has 0 atom stereocenters. The highest BCUT2D eigenvalue weighted by Crippen LogP contribution is 2.18. The number of hydrogen-bond donors (Lipinski definition) is 0. The molecule has 3 aromatic heterocycles. The minimum Gasteiger partial charge on any atom is -0.464 e. The zero-order valence-corrected chi connectivity index (χ0v) is 13.0. The highest BCUT2D eigenvalue weighted by atomic mass is 79.9. The van der Waals surface area contributed by atoms with Gasteiger partial charge in [0.05, 0.1) is 19.0 Å². The highest BCUT2D eigenvalue weighted by molar-refractivity contribution is 9.10. The van der Waals surface area contributed by atoms with Crippen molar-refractivity contribution in [2.45, 2.75) is 6.42 Å². The van der Waals surface area contributed by atoms with Gasteiger partial charge in [-0.2, -0.15) is 5.10 Å². The quantitative estimate of drug-likeness (QED) is 0.671. The molecular formula is C13H12BrN5O2. The summed E-state index contributed by atoms with van der Waals surface area (Å²) in [4.78, 5) is 20.0. The number of methoxy groups -OCH3 is 1. The zero-order chi connectivity index (χ0) is 15.0. The molecule has 0 spiro atoms. The van der Waals surface area contributed by atoms with Crippen molar-refractivity contribution < 1.29 is 9.53 Å². The molecule has 7 nitrogen and oxygen atoms in total. The van der Waals surface area contributed by atoms with Gasteiger partial charge in [-0.15, -0.1) is 0 Å². The second kappa shape index (κ2) is 5.28. The van der Waals surface area contributed by atoms with Gasteiger partial charge in [0, 0.05) is 37.6 Å². The monoisotopic (exact) mass is 349 g/mol. The van der Waals surface area contributed by atoms with Crippen LogP contribution in [0.15, 0.2) is 29.4 Å². The van der Waals surface area contributed by atoms with Gasteiger partial charge in [0.25, 0.3) is 0 Å². The van der Waals surface area contributed by atoms with Gasteiger partial charge in [-0.25, -0.2) is 14.8 Å². The Bertz CT molecular complexity index is 823. The molecule has 0 bridgehead atoms. The van der Waals surface area contributed by atoms with Crippen LogP contribution < -0.4 is 0 Å². The van der Waals surface area contributed by atoms with Crippen molar-refractivity contribution in [3.63, 3.8) is 0 Å². The molecule has 108 valence electrons. The third-order valence-corrected chi connectivity index (χ3v) is 3.68. The van der Waals surface area contributed by atoms with Gasteiger partial charge in [0.2, 0.25) is 0 Å². The molecule has 0 N–H and O–H groups in total. The van der Waals surface area contributed by atoms with Crippen LogP contribution >= 0.6 is 15.9 Å². The van der Waals surface area contributed by atoms with Crippen molar-refractivity contribution in [1.29, 1.82) is 0 Å². The molecule has 3 rings (SSSR count). The van der Waals surface area contributed by atoms with Gasteiger partial charge in [0.1, 0.15) is 4.60 Å². The fourth-order valence-corrected chi connectivity index (χ4v) is 2.56. The largest absolute Gasteiger partial charge is 0.464 e. The fraction of sp³-hybridized carbons (Fsp3) is 0.231. The first-order chi connectivity index (χ1) is 10.1. The lowest BCUT2D eigenvalue weighted by Crippen LogP contribution is -2.05. The minimum atomic E-state index is -0.470. The van der Waals surface area contributed by atoms with Gasteiger partial charge in [0.15, 0.2) is 11.3 Å². The first-order valence-corrected chi connectivity index (χ1v) is 6.96. The van der Waals surface area contributed by atoms with E-state index in [1.54, 1.807) is 21.5 Å². The highest BCUT2D eigenvalue weighted by Gasteiger charge is 2.12. The lowest BCUT2D eigenvalue weighted by atomic mass is 10.2. The molecule has 0 aliphatic carbocycles. The van der Waals surface area contributed by atoms with Crippen LogP contribution in [-0.4, -0.2) is 37.2 Å². The molecule has 0 saturated carbocycles. The molecule has 0 aromatic carbocycles. The Balaban J connectivity index is 1.94. The van der Waals surface area contributed by atoms with Gasteiger partial charge in [-0.3, -0.25) is 4.68 Å². The van der Waals surface area contributed by atoms with Crippen molar-refractivity contribution in [3.05, 3.63) is 46.3 Å². The van der Waals surface area contributed by atoms with Gasteiger partial charge >= 0.3 is 5.97 Å². The van der Waals surface area contributed by atoms with E-state index in [9.17, 15) is 4.79 Å². The van der Waals surface area contributed by atoms with E-state index in [1.165, 1.54) is 7.11 Å². The van der Waals surface area contributed by atoms with E-state index in [1.807, 2.05) is 19.4 Å². The Kier molecular flexibility index (Phi) is 3.46. The van der Waals surface area contributed by atoms with Crippen LogP contribution in [0.4, 0.5) is 0 Å². The summed E-state index contributed by atoms with van der Waals surface area (Å²) in [5.74, 6) is -0.470. The number of aryl methyl sites for hydroxylation is 1. The smallest absolute Gasteiger partial charge is 0.358 e. The second-order valence-corrected chi connectivity index (χ2v) is 5.31. The lowest BCUT2D eigenvalue weighted by Gasteiger charge is -1.98. The molecule has 3 aromatic rings. The first-order valence-electron chi connectivity index (χ1n) is 6.17. The Morgan fingerprint density at radius 1 is 1.38 bits per heavy atom. The van der Waals surface area contributed by atoms with Crippen molar-refractivity contribution in [2.24, 2.45) is 7.05 Å². The number of aromatic nitrogens is 5. The van der Waals surface area contributed by atoms with Gasteiger partial charge < -0.3 is 9.14 Å². The van der Waals surface area contributed by atoms with E-state index in [4.69, 9.17) is 0 Å². The number of carbonyl (C=O) groups is 1. The molecule has 0 amide bonds. The maximum atomic E-state index is 11.5. The number of esters is 1. The van der Waals surface area contributed by atoms with Crippen LogP contribution in [0.1, 0.15) is 21.7 Å². The molecule has 0 aliphatic heterocycles. The summed E-state index contributed by atoms with van der Waals surface area (Å²) >= 11 is 3.42. The van der Waals surface area contributed by atoms with E-state index in [-0.39, 0.29) is 5.69 Å². The molecule has 3 heterocycles. The summed E-state index contributed by atoms with van der Waals surface area (Å²) in [6.07, 6.45) is 7.60. The average Bonchev–Trinajstić information content (AvgIpc) is 3.00. The zero-order valence-electron chi connectivity index (χ0n) is 11.4.